The van der Waals surface area contributed by atoms with Crippen LogP contribution in [0.1, 0.15) is 6.92 Å². The van der Waals surface area contributed by atoms with E-state index >= 15 is 0 Å². The molecular formula is C6H9NO. The van der Waals surface area contributed by atoms with Crippen molar-refractivity contribution in [2.24, 2.45) is 5.90 Å². The maximum absolute atomic E-state index is 5.00. The molecule has 0 saturated carbocycles. The molecule has 0 heterocycles. The van der Waals surface area contributed by atoms with E-state index in [-0.39, 0.29) is 0 Å². The summed E-state index contributed by atoms with van der Waals surface area (Å²) >= 11 is 0. The zero-order chi connectivity index (χ0) is 6.41. The smallest absolute Gasteiger partial charge is 0.0872 e. The summed E-state index contributed by atoms with van der Waals surface area (Å²) in [6.45, 7) is 2.20. The molecule has 0 rings (SSSR count). The van der Waals surface area contributed by atoms with Crippen LogP contribution in [0.25, 0.3) is 0 Å². The van der Waals surface area contributed by atoms with Crippen LogP contribution in [0.5, 0.6) is 0 Å². The van der Waals surface area contributed by atoms with E-state index in [0.717, 1.165) is 5.57 Å². The molecule has 0 unspecified atom stereocenters. The number of rotatable bonds is 2. The van der Waals surface area contributed by atoms with Crippen LogP contribution >= 0.6 is 0 Å². The highest BCUT2D eigenvalue weighted by Gasteiger charge is 1.76. The third kappa shape index (κ3) is 3.41. The summed E-state index contributed by atoms with van der Waals surface area (Å²) in [4.78, 5) is 4.24. The minimum absolute atomic E-state index is 0.385. The van der Waals surface area contributed by atoms with E-state index in [2.05, 4.69) is 10.8 Å². The van der Waals surface area contributed by atoms with Crippen molar-refractivity contribution in [2.45, 2.75) is 6.92 Å². The predicted octanol–water partition coefficient (Wildman–Crippen LogP) is 0.456. The largest absolute Gasteiger partial charge is 0.300 e. The molecule has 0 aliphatic carbocycles. The van der Waals surface area contributed by atoms with Gasteiger partial charge in [-0.15, -0.1) is 6.42 Å². The standard InChI is InChI=1S/C6H9NO/c1-3-6(2)4-5-8-7/h1,4H,5,7H2,2H3/b6-4+. The maximum Gasteiger partial charge on any atom is 0.0872 e. The van der Waals surface area contributed by atoms with Gasteiger partial charge in [-0.25, -0.2) is 5.90 Å². The number of allylic oxidation sites excluding steroid dienone is 1. The Morgan fingerprint density at radius 1 is 2.00 bits per heavy atom. The van der Waals surface area contributed by atoms with Crippen LogP contribution in [-0.2, 0) is 4.84 Å². The van der Waals surface area contributed by atoms with Crippen LogP contribution in [0.4, 0.5) is 0 Å². The highest BCUT2D eigenvalue weighted by Crippen LogP contribution is 1.85. The van der Waals surface area contributed by atoms with Crippen molar-refractivity contribution in [1.82, 2.24) is 0 Å². The summed E-state index contributed by atoms with van der Waals surface area (Å²) in [6.07, 6.45) is 6.73. The average molecular weight is 111 g/mol. The summed E-state index contributed by atoms with van der Waals surface area (Å²) in [5.41, 5.74) is 0.843. The number of hydrogen-bond donors (Lipinski definition) is 1. The van der Waals surface area contributed by atoms with Gasteiger partial charge in [0.05, 0.1) is 6.61 Å². The van der Waals surface area contributed by atoms with Crippen LogP contribution in [0, 0.1) is 12.3 Å². The van der Waals surface area contributed by atoms with Gasteiger partial charge in [0, 0.05) is 0 Å². The van der Waals surface area contributed by atoms with E-state index in [0.29, 0.717) is 6.61 Å². The summed E-state index contributed by atoms with van der Waals surface area (Å²) in [5.74, 6) is 7.14. The Morgan fingerprint density at radius 2 is 2.62 bits per heavy atom. The first-order valence-corrected chi connectivity index (χ1v) is 2.26. The Balaban J connectivity index is 3.46. The molecule has 0 aromatic heterocycles. The van der Waals surface area contributed by atoms with Crippen molar-refractivity contribution in [3.8, 4) is 12.3 Å². The first-order chi connectivity index (χ1) is 3.81. The molecule has 0 aromatic rings. The Kier molecular flexibility index (Phi) is 3.95. The molecule has 2 nitrogen and oxygen atoms in total. The van der Waals surface area contributed by atoms with Crippen molar-refractivity contribution in [3.05, 3.63) is 11.6 Å². The minimum Gasteiger partial charge on any atom is -0.300 e. The molecule has 0 bridgehead atoms. The normalized spacial score (nSPS) is 10.9. The Morgan fingerprint density at radius 3 is 3.00 bits per heavy atom. The summed E-state index contributed by atoms with van der Waals surface area (Å²) in [7, 11) is 0. The maximum atomic E-state index is 5.00. The Labute approximate surface area is 49.3 Å². The lowest BCUT2D eigenvalue weighted by molar-refractivity contribution is 0.167. The van der Waals surface area contributed by atoms with E-state index in [4.69, 9.17) is 12.3 Å². The second-order valence-electron chi connectivity index (χ2n) is 1.36. The number of nitrogens with two attached hydrogens (primary N) is 1. The van der Waals surface area contributed by atoms with E-state index in [1.54, 1.807) is 6.08 Å². The van der Waals surface area contributed by atoms with Crippen molar-refractivity contribution < 1.29 is 4.84 Å². The molecule has 0 atom stereocenters. The quantitative estimate of drug-likeness (QED) is 0.415. The van der Waals surface area contributed by atoms with Crippen molar-refractivity contribution >= 4 is 0 Å². The van der Waals surface area contributed by atoms with Crippen LogP contribution in [0.15, 0.2) is 11.6 Å². The lowest BCUT2D eigenvalue weighted by Gasteiger charge is -1.86. The summed E-state index contributed by atoms with van der Waals surface area (Å²) in [6, 6.07) is 0. The van der Waals surface area contributed by atoms with Gasteiger partial charge in [0.15, 0.2) is 0 Å². The second-order valence-corrected chi connectivity index (χ2v) is 1.36. The topological polar surface area (TPSA) is 35.2 Å². The van der Waals surface area contributed by atoms with Gasteiger partial charge in [-0.05, 0) is 18.6 Å². The molecule has 44 valence electrons. The van der Waals surface area contributed by atoms with Crippen LogP contribution in [0.2, 0.25) is 0 Å². The lowest BCUT2D eigenvalue weighted by atomic mass is 10.3. The molecule has 0 aliphatic rings. The number of hydrogen-bond acceptors (Lipinski definition) is 2. The monoisotopic (exact) mass is 111 g/mol. The third-order valence-electron chi connectivity index (χ3n) is 0.713. The zero-order valence-corrected chi connectivity index (χ0v) is 4.85. The van der Waals surface area contributed by atoms with Crippen LogP contribution in [0.3, 0.4) is 0 Å². The summed E-state index contributed by atoms with van der Waals surface area (Å²) < 4.78 is 0. The first kappa shape index (κ1) is 7.22. The minimum atomic E-state index is 0.385. The van der Waals surface area contributed by atoms with Crippen LogP contribution < -0.4 is 5.90 Å². The fourth-order valence-corrected chi connectivity index (χ4v) is 0.232. The van der Waals surface area contributed by atoms with Crippen molar-refractivity contribution in [2.75, 3.05) is 6.61 Å². The van der Waals surface area contributed by atoms with E-state index in [9.17, 15) is 0 Å². The van der Waals surface area contributed by atoms with Gasteiger partial charge in [0.2, 0.25) is 0 Å². The fraction of sp³-hybridized carbons (Fsp3) is 0.333. The molecule has 2 N–H and O–H groups in total. The van der Waals surface area contributed by atoms with Crippen molar-refractivity contribution in [3.63, 3.8) is 0 Å². The number of terminal acetylenes is 1. The lowest BCUT2D eigenvalue weighted by Crippen LogP contribution is -1.97. The van der Waals surface area contributed by atoms with Crippen molar-refractivity contribution in [1.29, 1.82) is 0 Å². The molecular weight excluding hydrogens is 102 g/mol. The SMILES string of the molecule is C#C/C(C)=C/CON. The van der Waals surface area contributed by atoms with Gasteiger partial charge >= 0.3 is 0 Å². The first-order valence-electron chi connectivity index (χ1n) is 2.26. The van der Waals surface area contributed by atoms with E-state index in [1.807, 2.05) is 6.92 Å². The molecule has 0 saturated heterocycles. The molecule has 0 radical (unpaired) electrons. The molecule has 0 aliphatic heterocycles. The second kappa shape index (κ2) is 4.38. The summed E-state index contributed by atoms with van der Waals surface area (Å²) in [5, 5.41) is 0. The molecule has 0 aromatic carbocycles. The molecule has 0 spiro atoms. The molecule has 0 fully saturated rings. The highest BCUT2D eigenvalue weighted by atomic mass is 16.6. The fourth-order valence-electron chi connectivity index (χ4n) is 0.232. The van der Waals surface area contributed by atoms with Gasteiger partial charge in [-0.3, -0.25) is 0 Å². The average Bonchev–Trinajstić information content (AvgIpc) is 1.83. The Bertz CT molecular complexity index is 121. The third-order valence-corrected chi connectivity index (χ3v) is 0.713. The molecule has 2 heteroatoms. The Hall–Kier alpha value is -0.780. The van der Waals surface area contributed by atoms with E-state index < -0.39 is 0 Å². The van der Waals surface area contributed by atoms with E-state index in [1.165, 1.54) is 0 Å². The highest BCUT2D eigenvalue weighted by molar-refractivity contribution is 5.22. The molecule has 8 heavy (non-hydrogen) atoms. The van der Waals surface area contributed by atoms with Gasteiger partial charge in [0.25, 0.3) is 0 Å². The zero-order valence-electron chi connectivity index (χ0n) is 4.85. The van der Waals surface area contributed by atoms with Gasteiger partial charge in [-0.2, -0.15) is 0 Å². The van der Waals surface area contributed by atoms with Gasteiger partial charge in [-0.1, -0.05) is 5.92 Å². The van der Waals surface area contributed by atoms with Gasteiger partial charge < -0.3 is 4.84 Å². The predicted molar refractivity (Wildman–Crippen MR) is 32.7 cm³/mol. The molecule has 0 amide bonds. The van der Waals surface area contributed by atoms with Gasteiger partial charge in [0.1, 0.15) is 0 Å². The van der Waals surface area contributed by atoms with Crippen LogP contribution in [-0.4, -0.2) is 6.61 Å².